The van der Waals surface area contributed by atoms with E-state index in [0.29, 0.717) is 29.6 Å². The normalized spacial score (nSPS) is 10.9. The third-order valence-corrected chi connectivity index (χ3v) is 7.20. The molecule has 0 aliphatic carbocycles. The first-order valence-corrected chi connectivity index (χ1v) is 14.8. The molecular weight excluding hydrogens is 492 g/mol. The Kier molecular flexibility index (Phi) is 13.2. The number of aryl methyl sites for hydroxylation is 1. The van der Waals surface area contributed by atoms with Gasteiger partial charge in [-0.2, -0.15) is 4.57 Å². The zero-order valence-corrected chi connectivity index (χ0v) is 24.0. The molecule has 0 aliphatic rings. The van der Waals surface area contributed by atoms with Crippen LogP contribution in [0.4, 0.5) is 5.69 Å². The fourth-order valence-corrected chi connectivity index (χ4v) is 4.94. The molecule has 0 saturated heterocycles. The van der Waals surface area contributed by atoms with Crippen LogP contribution in [-0.4, -0.2) is 12.5 Å². The summed E-state index contributed by atoms with van der Waals surface area (Å²) in [6.07, 6.45) is 14.9. The number of hydrogen-bond donors (Lipinski definition) is 0. The van der Waals surface area contributed by atoms with Crippen molar-refractivity contribution in [3.63, 3.8) is 0 Å². The van der Waals surface area contributed by atoms with Gasteiger partial charge in [0.05, 0.1) is 18.2 Å². The van der Waals surface area contributed by atoms with Gasteiger partial charge in [-0.3, -0.25) is 9.69 Å². The maximum atomic E-state index is 13.7. The smallest absolute Gasteiger partial charge is 0.323 e. The molecule has 3 rings (SSSR count). The maximum Gasteiger partial charge on any atom is 0.323 e. The van der Waals surface area contributed by atoms with Crippen LogP contribution in [0.1, 0.15) is 94.1 Å². The summed E-state index contributed by atoms with van der Waals surface area (Å²) >= 11 is 6.60. The summed E-state index contributed by atoms with van der Waals surface area (Å²) in [5.74, 6) is 0.659. The van der Waals surface area contributed by atoms with E-state index in [2.05, 4.69) is 6.92 Å². The number of aromatic nitrogens is 1. The van der Waals surface area contributed by atoms with Gasteiger partial charge in [-0.05, 0) is 49.2 Å². The highest BCUT2D eigenvalue weighted by Gasteiger charge is 2.25. The molecule has 0 radical (unpaired) electrons. The van der Waals surface area contributed by atoms with Crippen molar-refractivity contribution in [1.29, 1.82) is 0 Å². The summed E-state index contributed by atoms with van der Waals surface area (Å²) in [5, 5.41) is 0.582. The quantitative estimate of drug-likeness (QED) is 0.128. The van der Waals surface area contributed by atoms with Gasteiger partial charge in [-0.1, -0.05) is 101 Å². The van der Waals surface area contributed by atoms with Crippen LogP contribution in [0, 0.1) is 0 Å². The number of unbranched alkanes of at least 4 members (excludes halogenated alkanes) is 9. The van der Waals surface area contributed by atoms with Gasteiger partial charge in [0.25, 0.3) is 5.69 Å². The van der Waals surface area contributed by atoms with Crippen LogP contribution in [0.25, 0.3) is 0 Å². The lowest BCUT2D eigenvalue weighted by Gasteiger charge is -2.22. The molecule has 1 heterocycles. The van der Waals surface area contributed by atoms with E-state index in [1.165, 1.54) is 57.8 Å². The second-order valence-corrected chi connectivity index (χ2v) is 10.3. The van der Waals surface area contributed by atoms with Crippen LogP contribution < -0.4 is 14.2 Å². The Hall–Kier alpha value is -2.85. The highest BCUT2D eigenvalue weighted by atomic mass is 35.5. The number of anilines is 1. The first kappa shape index (κ1) is 29.7. The number of carbonyl (C=O) groups is 1. The van der Waals surface area contributed by atoms with E-state index in [0.717, 1.165) is 24.2 Å². The number of pyridine rings is 1. The number of para-hydroxylation sites is 1. The topological polar surface area (TPSA) is 33.4 Å². The SMILES string of the molecule is CCCCCCCCCCCCOc1ccc(CN(C(=O)c2cccc[n+]2CC)c2ccccc2)cc1Cl. The van der Waals surface area contributed by atoms with E-state index >= 15 is 0 Å². The molecular formula is C33H44ClN2O2+. The Morgan fingerprint density at radius 3 is 2.13 bits per heavy atom. The lowest BCUT2D eigenvalue weighted by Crippen LogP contribution is -2.44. The predicted octanol–water partition coefficient (Wildman–Crippen LogP) is 8.79. The number of hydrogen-bond acceptors (Lipinski definition) is 2. The summed E-state index contributed by atoms with van der Waals surface area (Å²) in [4.78, 5) is 15.5. The lowest BCUT2D eigenvalue weighted by molar-refractivity contribution is -0.695. The number of amides is 1. The molecule has 0 unspecified atom stereocenters. The second-order valence-electron chi connectivity index (χ2n) is 9.89. The van der Waals surface area contributed by atoms with E-state index < -0.39 is 0 Å². The Bertz CT molecular complexity index is 1100. The summed E-state index contributed by atoms with van der Waals surface area (Å²) in [7, 11) is 0. The summed E-state index contributed by atoms with van der Waals surface area (Å²) in [5.41, 5.74) is 2.46. The van der Waals surface area contributed by atoms with E-state index in [1.54, 1.807) is 4.90 Å². The monoisotopic (exact) mass is 535 g/mol. The molecule has 0 aliphatic heterocycles. The summed E-state index contributed by atoms with van der Waals surface area (Å²) in [6, 6.07) is 21.3. The third kappa shape index (κ3) is 9.47. The maximum absolute atomic E-state index is 13.7. The van der Waals surface area contributed by atoms with Crippen molar-refractivity contribution in [1.82, 2.24) is 0 Å². The van der Waals surface area contributed by atoms with Crippen molar-refractivity contribution in [3.05, 3.63) is 89.2 Å². The minimum Gasteiger partial charge on any atom is -0.492 e. The Labute approximate surface area is 234 Å². The molecule has 4 nitrogen and oxygen atoms in total. The standard InChI is InChI=1S/C33H44ClN2O2/c1-3-5-6-7-8-9-10-11-12-18-25-38-32-23-22-28(26-30(32)34)27-36(29-19-14-13-15-20-29)33(37)31-21-16-17-24-35(31)4-2/h13-17,19-24,26H,3-12,18,25,27H2,1-2H3/q+1. The van der Waals surface area contributed by atoms with Gasteiger partial charge < -0.3 is 4.74 Å². The molecule has 5 heteroatoms. The van der Waals surface area contributed by atoms with E-state index in [9.17, 15) is 4.79 Å². The lowest BCUT2D eigenvalue weighted by atomic mass is 10.1. The van der Waals surface area contributed by atoms with Gasteiger partial charge in [0, 0.05) is 17.8 Å². The molecule has 0 atom stereocenters. The van der Waals surface area contributed by atoms with Gasteiger partial charge in [0.2, 0.25) is 0 Å². The van der Waals surface area contributed by atoms with Crippen molar-refractivity contribution in [2.75, 3.05) is 11.5 Å². The van der Waals surface area contributed by atoms with Gasteiger partial charge in [-0.15, -0.1) is 0 Å². The molecule has 0 bridgehead atoms. The van der Waals surface area contributed by atoms with E-state index in [4.69, 9.17) is 16.3 Å². The van der Waals surface area contributed by atoms with E-state index in [1.807, 2.05) is 84.4 Å². The highest BCUT2D eigenvalue weighted by molar-refractivity contribution is 6.32. The van der Waals surface area contributed by atoms with Crippen molar-refractivity contribution in [3.8, 4) is 5.75 Å². The average Bonchev–Trinajstić information content (AvgIpc) is 2.95. The summed E-state index contributed by atoms with van der Waals surface area (Å²) < 4.78 is 7.95. The van der Waals surface area contributed by atoms with Crippen LogP contribution in [0.3, 0.4) is 0 Å². The number of rotatable bonds is 17. The van der Waals surface area contributed by atoms with Crippen LogP contribution in [0.15, 0.2) is 72.9 Å². The van der Waals surface area contributed by atoms with Crippen LogP contribution in [-0.2, 0) is 13.1 Å². The first-order chi connectivity index (χ1) is 18.6. The van der Waals surface area contributed by atoms with Gasteiger partial charge >= 0.3 is 5.91 Å². The first-order valence-electron chi connectivity index (χ1n) is 14.4. The van der Waals surface area contributed by atoms with Gasteiger partial charge in [0.15, 0.2) is 6.20 Å². The van der Waals surface area contributed by atoms with E-state index in [-0.39, 0.29) is 5.91 Å². The van der Waals surface area contributed by atoms with Crippen molar-refractivity contribution >= 4 is 23.2 Å². The molecule has 2 aromatic carbocycles. The van der Waals surface area contributed by atoms with Crippen LogP contribution in [0.2, 0.25) is 5.02 Å². The molecule has 0 saturated carbocycles. The second kappa shape index (κ2) is 16.9. The Balaban J connectivity index is 1.54. The number of carbonyl (C=O) groups excluding carboxylic acids is 1. The zero-order valence-electron chi connectivity index (χ0n) is 23.2. The Morgan fingerprint density at radius 1 is 0.816 bits per heavy atom. The third-order valence-electron chi connectivity index (χ3n) is 6.91. The number of benzene rings is 2. The van der Waals surface area contributed by atoms with Crippen molar-refractivity contribution < 1.29 is 14.1 Å². The minimum atomic E-state index is -0.0453. The molecule has 38 heavy (non-hydrogen) atoms. The molecule has 0 spiro atoms. The predicted molar refractivity (Wildman–Crippen MR) is 158 cm³/mol. The number of halogens is 1. The molecule has 0 N–H and O–H groups in total. The molecule has 1 amide bonds. The van der Waals surface area contributed by atoms with Gasteiger partial charge in [0.1, 0.15) is 12.3 Å². The van der Waals surface area contributed by atoms with Gasteiger partial charge in [-0.25, -0.2) is 0 Å². The fourth-order valence-electron chi connectivity index (χ4n) is 4.69. The minimum absolute atomic E-state index is 0.0453. The Morgan fingerprint density at radius 2 is 1.47 bits per heavy atom. The number of ether oxygens (including phenoxy) is 1. The average molecular weight is 536 g/mol. The molecule has 204 valence electrons. The molecule has 3 aromatic rings. The highest BCUT2D eigenvalue weighted by Crippen LogP contribution is 2.28. The largest absolute Gasteiger partial charge is 0.492 e. The van der Waals surface area contributed by atoms with Crippen molar-refractivity contribution in [2.45, 2.75) is 91.1 Å². The summed E-state index contributed by atoms with van der Waals surface area (Å²) in [6.45, 7) is 6.12. The van der Waals surface area contributed by atoms with Crippen LogP contribution in [0.5, 0.6) is 5.75 Å². The molecule has 1 aromatic heterocycles. The van der Waals surface area contributed by atoms with Crippen LogP contribution >= 0.6 is 11.6 Å². The fraction of sp³-hybridized carbons (Fsp3) is 0.455. The number of nitrogens with zero attached hydrogens (tertiary/aromatic N) is 2. The molecule has 0 fully saturated rings. The zero-order chi connectivity index (χ0) is 27.0. The van der Waals surface area contributed by atoms with Crippen molar-refractivity contribution in [2.24, 2.45) is 0 Å².